The molecule has 1 unspecified atom stereocenters. The van der Waals surface area contributed by atoms with E-state index in [1.807, 2.05) is 38.2 Å². The zero-order chi connectivity index (χ0) is 54.4. The fourth-order valence-electron chi connectivity index (χ4n) is 8.52. The molecule has 2 N–H and O–H groups in total. The zero-order valence-corrected chi connectivity index (χ0v) is 47.4. The molecule has 16 nitrogen and oxygen atoms in total. The van der Waals surface area contributed by atoms with E-state index in [1.54, 1.807) is 78.9 Å². The molecule has 74 heavy (non-hydrogen) atoms. The molecule has 3 aromatic carbocycles. The number of methoxy groups -OCH3 is 4. The maximum Gasteiger partial charge on any atom is 0.409 e. The summed E-state index contributed by atoms with van der Waals surface area (Å²) >= 11 is 0. The van der Waals surface area contributed by atoms with Crippen LogP contribution in [0, 0.1) is 17.8 Å². The molecular formula is C56H79N5O11S2. The van der Waals surface area contributed by atoms with Gasteiger partial charge in [-0.1, -0.05) is 88.1 Å². The lowest BCUT2D eigenvalue weighted by molar-refractivity contribution is -0.107. The normalized spacial score (nSPS) is 14.0. The van der Waals surface area contributed by atoms with Crippen LogP contribution in [0.4, 0.5) is 10.5 Å². The average molecular weight is 1060 g/mol. The van der Waals surface area contributed by atoms with Gasteiger partial charge in [-0.2, -0.15) is 0 Å². The first-order valence-electron chi connectivity index (χ1n) is 25.0. The first-order valence-corrected chi connectivity index (χ1v) is 27.5. The van der Waals surface area contributed by atoms with Gasteiger partial charge in [0.25, 0.3) is 5.56 Å². The van der Waals surface area contributed by atoms with Gasteiger partial charge in [0, 0.05) is 80.0 Å². The third-order valence-electron chi connectivity index (χ3n) is 12.5. The van der Waals surface area contributed by atoms with E-state index in [-0.39, 0.29) is 32.0 Å². The number of nitrogens with zero attached hydrogens (tertiary/aromatic N) is 3. The van der Waals surface area contributed by atoms with Crippen molar-refractivity contribution >= 4 is 78.6 Å². The Hall–Kier alpha value is -5.69. The number of aromatic nitrogens is 2. The van der Waals surface area contributed by atoms with E-state index in [4.69, 9.17) is 33.2 Å². The molecule has 2 amide bonds. The molecule has 406 valence electrons. The molecule has 1 fully saturated rings. The summed E-state index contributed by atoms with van der Waals surface area (Å²) in [5, 5.41) is 8.38. The predicted octanol–water partition coefficient (Wildman–Crippen LogP) is 11.2. The molecule has 2 aliphatic rings. The number of fused-ring (bicyclic) bond motifs is 6. The number of unbranched alkanes of at least 4 members (excludes halogenated alkanes) is 1. The van der Waals surface area contributed by atoms with Crippen LogP contribution in [0.15, 0.2) is 65.1 Å². The van der Waals surface area contributed by atoms with Gasteiger partial charge in [-0.05, 0) is 85.7 Å². The largest absolute Gasteiger partial charge is 0.495 e. The molecule has 0 spiro atoms. The molecule has 3 heterocycles. The number of hydrogen-bond donors (Lipinski definition) is 2. The fraction of sp³-hybridized carbons (Fsp3) is 0.518. The molecule has 1 saturated carbocycles. The van der Waals surface area contributed by atoms with Crippen LogP contribution in [0.3, 0.4) is 0 Å². The lowest BCUT2D eigenvalue weighted by Gasteiger charge is -2.34. The minimum absolute atomic E-state index is 0.110. The third-order valence-corrected chi connectivity index (χ3v) is 14.9. The highest BCUT2D eigenvalue weighted by Crippen LogP contribution is 2.41. The Morgan fingerprint density at radius 1 is 0.878 bits per heavy atom. The summed E-state index contributed by atoms with van der Waals surface area (Å²) in [4.78, 5) is 53.4. The van der Waals surface area contributed by atoms with E-state index in [2.05, 4.69) is 63.2 Å². The summed E-state index contributed by atoms with van der Waals surface area (Å²) in [7, 11) is 13.2. The van der Waals surface area contributed by atoms with Crippen LogP contribution in [0.2, 0.25) is 0 Å². The minimum Gasteiger partial charge on any atom is -0.495 e. The van der Waals surface area contributed by atoms with Crippen molar-refractivity contribution in [3.63, 3.8) is 0 Å². The van der Waals surface area contributed by atoms with Crippen LogP contribution in [0.25, 0.3) is 32.6 Å². The molecule has 0 radical (unpaired) electrons. The number of hydrogen-bond acceptors (Lipinski definition) is 15. The fourth-order valence-corrected chi connectivity index (χ4v) is 10.3. The van der Waals surface area contributed by atoms with Gasteiger partial charge in [-0.15, -0.1) is 0 Å². The number of likely N-dealkylation sites (N-methyl/N-ethyl adjacent to an activating group) is 1. The number of rotatable bonds is 23. The van der Waals surface area contributed by atoms with Crippen molar-refractivity contribution in [1.82, 2.24) is 19.8 Å². The monoisotopic (exact) mass is 1060 g/mol. The van der Waals surface area contributed by atoms with Crippen molar-refractivity contribution in [2.75, 3.05) is 85.8 Å². The van der Waals surface area contributed by atoms with E-state index in [0.717, 1.165) is 34.9 Å². The summed E-state index contributed by atoms with van der Waals surface area (Å²) in [6.45, 7) is 17.7. The highest BCUT2D eigenvalue weighted by Gasteiger charge is 2.29. The Morgan fingerprint density at radius 2 is 1.55 bits per heavy atom. The number of carbonyl (C=O) groups is 3. The lowest BCUT2D eigenvalue weighted by atomic mass is 9.74. The predicted molar refractivity (Wildman–Crippen MR) is 302 cm³/mol. The van der Waals surface area contributed by atoms with Crippen molar-refractivity contribution < 1.29 is 47.5 Å². The number of allylic oxidation sites excluding steroid dienone is 1. The Labute approximate surface area is 445 Å². The number of amides is 2. The first kappa shape index (κ1) is 60.9. The summed E-state index contributed by atoms with van der Waals surface area (Å²) < 4.78 is 39.3. The van der Waals surface area contributed by atoms with Crippen molar-refractivity contribution in [1.29, 1.82) is 0 Å². The summed E-state index contributed by atoms with van der Waals surface area (Å²) in [5.41, 5.74) is 5.25. The van der Waals surface area contributed by atoms with Gasteiger partial charge in [0.1, 0.15) is 18.6 Å². The molecule has 7 rings (SSSR count). The number of aldehydes is 1. The highest BCUT2D eigenvalue weighted by atomic mass is 33.1. The molecule has 1 atom stereocenters. The molecule has 5 aromatic rings. The third kappa shape index (κ3) is 17.7. The van der Waals surface area contributed by atoms with Gasteiger partial charge in [-0.3, -0.25) is 14.6 Å². The molecular weight excluding hydrogens is 983 g/mol. The van der Waals surface area contributed by atoms with Crippen LogP contribution >= 0.6 is 21.6 Å². The molecule has 2 aromatic heterocycles. The maximum absolute atomic E-state index is 14.0. The number of ether oxygens (including phenoxy) is 7. The van der Waals surface area contributed by atoms with Gasteiger partial charge in [0.15, 0.2) is 23.0 Å². The molecule has 1 aliphatic heterocycles. The smallest absolute Gasteiger partial charge is 0.409 e. The first-order chi connectivity index (χ1) is 35.4. The Bertz CT molecular complexity index is 2730. The quantitative estimate of drug-likeness (QED) is 0.0207. The van der Waals surface area contributed by atoms with Crippen LogP contribution in [0.1, 0.15) is 85.6 Å². The average Bonchev–Trinajstić information content (AvgIpc) is 4.00. The standard InChI is InChI=1S/C28H29N3O8S2.C11H25N.C9H11NO2.C8H14O/c1-30(28(34)37-8-10-41-40-9-4-7-32)5-6-31-26-19-13-24-25(39-16-38-24)14-21(19)29-15-20(26)17-11-22(35-2)23(36-3)12-18(17)27(31)33;1-7-10(2,3)8-11(4,5)9-12-6;1-7-3-4-9(12-2)8(5-7)10-6-11;1-3-4-5-7-6-8(7)9-2/h7,11-15H,4-6,8-10,16H2,1-3H3;12H,7-9H2,1-6H3;3-6H,1-2H3,(H,10,11);5,8H,3-4,6H2,1-2H3/b;;;7-5-. The molecule has 0 bridgehead atoms. The van der Waals surface area contributed by atoms with Gasteiger partial charge in [0.2, 0.25) is 13.2 Å². The second-order valence-corrected chi connectivity index (χ2v) is 22.1. The molecule has 0 saturated heterocycles. The topological polar surface area (TPSA) is 178 Å². The number of aryl methyl sites for hydroxylation is 1. The Morgan fingerprint density at radius 3 is 2.16 bits per heavy atom. The van der Waals surface area contributed by atoms with E-state index in [9.17, 15) is 19.2 Å². The number of pyridine rings is 2. The van der Waals surface area contributed by atoms with Crippen molar-refractivity contribution in [2.24, 2.45) is 10.8 Å². The van der Waals surface area contributed by atoms with E-state index < -0.39 is 6.09 Å². The Kier molecular flexibility index (Phi) is 24.7. The van der Waals surface area contributed by atoms with Gasteiger partial charge < -0.3 is 58.1 Å². The molecule has 18 heteroatoms. The van der Waals surface area contributed by atoms with Crippen LogP contribution in [-0.2, 0) is 25.6 Å². The highest BCUT2D eigenvalue weighted by molar-refractivity contribution is 8.76. The summed E-state index contributed by atoms with van der Waals surface area (Å²) in [5.74, 6) is 4.09. The van der Waals surface area contributed by atoms with Gasteiger partial charge in [0.05, 0.1) is 49.5 Å². The van der Waals surface area contributed by atoms with Crippen molar-refractivity contribution in [2.45, 2.75) is 99.6 Å². The Balaban J connectivity index is 0.000000288. The summed E-state index contributed by atoms with van der Waals surface area (Å²) in [6, 6.07) is 12.7. The number of anilines is 1. The number of benzene rings is 3. The van der Waals surface area contributed by atoms with E-state index >= 15 is 0 Å². The zero-order valence-electron chi connectivity index (χ0n) is 45.8. The minimum atomic E-state index is -0.483. The number of nitrogens with one attached hydrogen (secondary N) is 2. The van der Waals surface area contributed by atoms with E-state index in [1.165, 1.54) is 49.7 Å². The SMILES string of the molecule is CCC(C)(C)CC(C)(C)CNC.CCC/C=C1/CC1OC.COc1cc2c(=O)n(CCN(C)C(=O)OCCSSCCC=O)c3c4cc5c(cc4ncc3c2cc1OC)OCO5.COc1ccc(C)cc1NC=O. The van der Waals surface area contributed by atoms with Crippen LogP contribution in [-0.4, -0.2) is 120 Å². The second-order valence-electron chi connectivity index (χ2n) is 19.4. The maximum atomic E-state index is 14.0. The van der Waals surface area contributed by atoms with Gasteiger partial charge >= 0.3 is 6.09 Å². The molecule has 1 aliphatic carbocycles. The lowest BCUT2D eigenvalue weighted by Crippen LogP contribution is -2.33. The summed E-state index contributed by atoms with van der Waals surface area (Å²) in [6.07, 6.45) is 12.2. The van der Waals surface area contributed by atoms with E-state index in [0.29, 0.717) is 91.8 Å². The van der Waals surface area contributed by atoms with Crippen LogP contribution < -0.4 is 39.9 Å². The van der Waals surface area contributed by atoms with Crippen molar-refractivity contribution in [3.05, 3.63) is 76.2 Å². The second kappa shape index (κ2) is 30.0. The van der Waals surface area contributed by atoms with Gasteiger partial charge in [-0.25, -0.2) is 4.79 Å². The van der Waals surface area contributed by atoms with Crippen LogP contribution in [0.5, 0.6) is 28.7 Å². The number of carbonyl (C=O) groups excluding carboxylic acids is 3. The van der Waals surface area contributed by atoms with Crippen molar-refractivity contribution in [3.8, 4) is 28.7 Å².